The van der Waals surface area contributed by atoms with E-state index in [1.807, 2.05) is 36.4 Å². The summed E-state index contributed by atoms with van der Waals surface area (Å²) in [6, 6.07) is 11.7. The van der Waals surface area contributed by atoms with Crippen molar-refractivity contribution in [2.75, 3.05) is 27.9 Å². The Bertz CT molecular complexity index is 717. The maximum Gasteiger partial charge on any atom is 0.160 e. The largest absolute Gasteiger partial charge is 0.497 e. The molecular weight excluding hydrogens is 306 g/mol. The second-order valence-corrected chi connectivity index (χ2v) is 5.89. The van der Waals surface area contributed by atoms with Gasteiger partial charge in [-0.1, -0.05) is 12.1 Å². The average Bonchev–Trinajstić information content (AvgIpc) is 2.63. The van der Waals surface area contributed by atoms with E-state index in [1.54, 1.807) is 21.3 Å². The number of rotatable bonds is 5. The molecule has 0 spiro atoms. The number of hydrogen-bond acceptors (Lipinski definition) is 5. The van der Waals surface area contributed by atoms with Crippen LogP contribution in [0.1, 0.15) is 17.2 Å². The third-order valence-corrected chi connectivity index (χ3v) is 4.49. The third kappa shape index (κ3) is 3.12. The molecule has 0 bridgehead atoms. The summed E-state index contributed by atoms with van der Waals surface area (Å²) in [6.45, 7) is 0.579. The fourth-order valence-corrected chi connectivity index (χ4v) is 3.09. The lowest BCUT2D eigenvalue weighted by molar-refractivity contribution is 0.193. The molecule has 24 heavy (non-hydrogen) atoms. The summed E-state index contributed by atoms with van der Waals surface area (Å²) in [5.74, 6) is 3.24. The molecule has 3 rings (SSSR count). The molecule has 0 aliphatic carbocycles. The van der Waals surface area contributed by atoms with E-state index in [0.717, 1.165) is 40.5 Å². The predicted octanol–water partition coefficient (Wildman–Crippen LogP) is 2.96. The fourth-order valence-electron chi connectivity index (χ4n) is 3.09. The van der Waals surface area contributed by atoms with E-state index in [4.69, 9.17) is 24.7 Å². The van der Waals surface area contributed by atoms with Crippen molar-refractivity contribution < 1.29 is 18.9 Å². The van der Waals surface area contributed by atoms with Crippen molar-refractivity contribution in [3.8, 4) is 23.0 Å². The molecule has 0 amide bonds. The van der Waals surface area contributed by atoms with Crippen LogP contribution < -0.4 is 24.7 Å². The zero-order valence-corrected chi connectivity index (χ0v) is 14.2. The van der Waals surface area contributed by atoms with E-state index in [2.05, 4.69) is 0 Å². The Balaban J connectivity index is 1.79. The highest BCUT2D eigenvalue weighted by atomic mass is 16.5. The van der Waals surface area contributed by atoms with E-state index in [1.165, 1.54) is 0 Å². The van der Waals surface area contributed by atoms with Crippen molar-refractivity contribution in [2.24, 2.45) is 11.7 Å². The summed E-state index contributed by atoms with van der Waals surface area (Å²) >= 11 is 0. The molecule has 1 heterocycles. The lowest BCUT2D eigenvalue weighted by atomic mass is 9.86. The van der Waals surface area contributed by atoms with Gasteiger partial charge in [0.2, 0.25) is 0 Å². The second-order valence-electron chi connectivity index (χ2n) is 5.89. The molecule has 2 aromatic carbocycles. The minimum atomic E-state index is -0.0762. The van der Waals surface area contributed by atoms with Crippen LogP contribution in [-0.2, 0) is 6.42 Å². The summed E-state index contributed by atoms with van der Waals surface area (Å²) in [7, 11) is 4.92. The van der Waals surface area contributed by atoms with E-state index in [9.17, 15) is 0 Å². The highest BCUT2D eigenvalue weighted by Crippen LogP contribution is 2.38. The first-order chi connectivity index (χ1) is 11.7. The van der Waals surface area contributed by atoms with Crippen LogP contribution in [0, 0.1) is 5.92 Å². The Labute approximate surface area is 142 Å². The van der Waals surface area contributed by atoms with Gasteiger partial charge in [0.1, 0.15) is 11.5 Å². The highest BCUT2D eigenvalue weighted by Gasteiger charge is 2.28. The van der Waals surface area contributed by atoms with E-state index < -0.39 is 0 Å². The van der Waals surface area contributed by atoms with Gasteiger partial charge in [-0.3, -0.25) is 0 Å². The maximum absolute atomic E-state index is 6.48. The Hall–Kier alpha value is -2.40. The molecule has 5 nitrogen and oxygen atoms in total. The van der Waals surface area contributed by atoms with Gasteiger partial charge in [-0.15, -0.1) is 0 Å². The molecule has 1 aliphatic rings. The van der Waals surface area contributed by atoms with Gasteiger partial charge in [0.25, 0.3) is 0 Å². The number of benzene rings is 2. The standard InChI is InChI=1S/C19H23NO4/c1-21-14-5-6-15-17(10-14)24-11-13(19(15)20)8-12-4-7-16(22-2)18(9-12)23-3/h4-7,9-10,13,19H,8,11,20H2,1-3H3. The minimum Gasteiger partial charge on any atom is -0.497 e. The van der Waals surface area contributed by atoms with Gasteiger partial charge in [-0.2, -0.15) is 0 Å². The lowest BCUT2D eigenvalue weighted by Crippen LogP contribution is -2.32. The van der Waals surface area contributed by atoms with Crippen LogP contribution in [-0.4, -0.2) is 27.9 Å². The molecule has 0 fully saturated rings. The molecule has 2 atom stereocenters. The van der Waals surface area contributed by atoms with Crippen molar-refractivity contribution >= 4 is 0 Å². The van der Waals surface area contributed by atoms with E-state index in [-0.39, 0.29) is 12.0 Å². The molecule has 1 aliphatic heterocycles. The van der Waals surface area contributed by atoms with Gasteiger partial charge in [-0.05, 0) is 30.2 Å². The minimum absolute atomic E-state index is 0.0762. The Morgan fingerprint density at radius 3 is 2.50 bits per heavy atom. The van der Waals surface area contributed by atoms with Crippen LogP contribution in [0.3, 0.4) is 0 Å². The van der Waals surface area contributed by atoms with E-state index >= 15 is 0 Å². The molecule has 0 radical (unpaired) electrons. The van der Waals surface area contributed by atoms with Crippen LogP contribution in [0.2, 0.25) is 0 Å². The van der Waals surface area contributed by atoms with Gasteiger partial charge in [0.05, 0.1) is 27.9 Å². The highest BCUT2D eigenvalue weighted by molar-refractivity contribution is 5.45. The summed E-state index contributed by atoms with van der Waals surface area (Å²) < 4.78 is 21.8. The molecule has 128 valence electrons. The second kappa shape index (κ2) is 7.01. The van der Waals surface area contributed by atoms with Gasteiger partial charge >= 0.3 is 0 Å². The lowest BCUT2D eigenvalue weighted by Gasteiger charge is -2.31. The third-order valence-electron chi connectivity index (χ3n) is 4.49. The van der Waals surface area contributed by atoms with Crippen molar-refractivity contribution in [3.63, 3.8) is 0 Å². The predicted molar refractivity (Wildman–Crippen MR) is 92.2 cm³/mol. The Morgan fingerprint density at radius 1 is 1.00 bits per heavy atom. The zero-order chi connectivity index (χ0) is 17.1. The summed E-state index contributed by atoms with van der Waals surface area (Å²) in [5.41, 5.74) is 8.65. The van der Waals surface area contributed by atoms with Crippen LogP contribution in [0.15, 0.2) is 36.4 Å². The first-order valence-electron chi connectivity index (χ1n) is 7.93. The van der Waals surface area contributed by atoms with Crippen molar-refractivity contribution in [1.29, 1.82) is 0 Å². The average molecular weight is 329 g/mol. The molecule has 0 aromatic heterocycles. The molecule has 2 unspecified atom stereocenters. The number of hydrogen-bond donors (Lipinski definition) is 1. The molecule has 2 aromatic rings. The van der Waals surface area contributed by atoms with Crippen LogP contribution in [0.4, 0.5) is 0 Å². The van der Waals surface area contributed by atoms with Crippen LogP contribution in [0.5, 0.6) is 23.0 Å². The van der Waals surface area contributed by atoms with Gasteiger partial charge < -0.3 is 24.7 Å². The van der Waals surface area contributed by atoms with Gasteiger partial charge in [0, 0.05) is 23.6 Å². The zero-order valence-electron chi connectivity index (χ0n) is 14.2. The van der Waals surface area contributed by atoms with Gasteiger partial charge in [-0.25, -0.2) is 0 Å². The van der Waals surface area contributed by atoms with Crippen molar-refractivity contribution in [3.05, 3.63) is 47.5 Å². The Morgan fingerprint density at radius 2 is 1.79 bits per heavy atom. The molecule has 5 heteroatoms. The number of methoxy groups -OCH3 is 3. The molecule has 2 N–H and O–H groups in total. The summed E-state index contributed by atoms with van der Waals surface area (Å²) in [5, 5.41) is 0. The molecular formula is C19H23NO4. The quantitative estimate of drug-likeness (QED) is 0.914. The maximum atomic E-state index is 6.48. The molecule has 0 saturated heterocycles. The summed E-state index contributed by atoms with van der Waals surface area (Å²) in [4.78, 5) is 0. The first-order valence-corrected chi connectivity index (χ1v) is 7.93. The normalized spacial score (nSPS) is 19.2. The molecule has 0 saturated carbocycles. The fraction of sp³-hybridized carbons (Fsp3) is 0.368. The van der Waals surface area contributed by atoms with E-state index in [0.29, 0.717) is 6.61 Å². The van der Waals surface area contributed by atoms with Crippen LogP contribution in [0.25, 0.3) is 0 Å². The monoisotopic (exact) mass is 329 g/mol. The number of nitrogens with two attached hydrogens (primary N) is 1. The van der Waals surface area contributed by atoms with Gasteiger partial charge in [0.15, 0.2) is 11.5 Å². The number of ether oxygens (including phenoxy) is 4. The Kier molecular flexibility index (Phi) is 4.81. The topological polar surface area (TPSA) is 62.9 Å². The van der Waals surface area contributed by atoms with Crippen LogP contribution >= 0.6 is 0 Å². The SMILES string of the molecule is COc1ccc2c(c1)OCC(Cc1ccc(OC)c(OC)c1)C2N. The smallest absolute Gasteiger partial charge is 0.160 e. The van der Waals surface area contributed by atoms with Crippen molar-refractivity contribution in [1.82, 2.24) is 0 Å². The first kappa shape index (κ1) is 16.5. The number of fused-ring (bicyclic) bond motifs is 1. The van der Waals surface area contributed by atoms with Crippen molar-refractivity contribution in [2.45, 2.75) is 12.5 Å². The summed E-state index contributed by atoms with van der Waals surface area (Å²) in [6.07, 6.45) is 0.812.